The molecule has 23 heavy (non-hydrogen) atoms. The SMILES string of the molecule is CCCNC(=O)CN(C)C(=O)C1CC(c2ccccc2C)=NO1. The highest BCUT2D eigenvalue weighted by Gasteiger charge is 2.32. The summed E-state index contributed by atoms with van der Waals surface area (Å²) in [7, 11) is 1.60. The van der Waals surface area contributed by atoms with Crippen LogP contribution < -0.4 is 5.32 Å². The molecule has 1 N–H and O–H groups in total. The van der Waals surface area contributed by atoms with Gasteiger partial charge in [0.1, 0.15) is 0 Å². The maximum absolute atomic E-state index is 12.4. The second-order valence-corrected chi connectivity index (χ2v) is 5.70. The molecule has 1 aliphatic heterocycles. The van der Waals surface area contributed by atoms with E-state index in [0.29, 0.717) is 13.0 Å². The highest BCUT2D eigenvalue weighted by molar-refractivity contribution is 6.05. The second-order valence-electron chi connectivity index (χ2n) is 5.70. The van der Waals surface area contributed by atoms with Gasteiger partial charge in [-0.25, -0.2) is 0 Å². The molecular formula is C17H23N3O3. The molecule has 6 heteroatoms. The first-order valence-electron chi connectivity index (χ1n) is 7.83. The first kappa shape index (κ1) is 17.0. The second kappa shape index (κ2) is 7.76. The Labute approximate surface area is 136 Å². The minimum Gasteiger partial charge on any atom is -0.382 e. The number of oxime groups is 1. The summed E-state index contributed by atoms with van der Waals surface area (Å²) in [6.07, 6.45) is 0.626. The molecule has 124 valence electrons. The third-order valence-electron chi connectivity index (χ3n) is 3.73. The lowest BCUT2D eigenvalue weighted by molar-refractivity contribution is -0.143. The average Bonchev–Trinajstić information content (AvgIpc) is 3.02. The molecule has 1 unspecified atom stereocenters. The van der Waals surface area contributed by atoms with E-state index in [-0.39, 0.29) is 18.4 Å². The molecule has 0 bridgehead atoms. The van der Waals surface area contributed by atoms with E-state index in [0.717, 1.165) is 23.3 Å². The van der Waals surface area contributed by atoms with Crippen molar-refractivity contribution in [2.45, 2.75) is 32.8 Å². The molecule has 1 aromatic rings. The van der Waals surface area contributed by atoms with Crippen LogP contribution >= 0.6 is 0 Å². The maximum atomic E-state index is 12.4. The van der Waals surface area contributed by atoms with Crippen molar-refractivity contribution in [2.75, 3.05) is 20.1 Å². The van der Waals surface area contributed by atoms with Crippen LogP contribution in [-0.4, -0.2) is 48.7 Å². The van der Waals surface area contributed by atoms with E-state index in [9.17, 15) is 9.59 Å². The Morgan fingerprint density at radius 2 is 2.13 bits per heavy atom. The maximum Gasteiger partial charge on any atom is 0.267 e. The monoisotopic (exact) mass is 317 g/mol. The Bertz CT molecular complexity index is 613. The van der Waals surface area contributed by atoms with E-state index in [4.69, 9.17) is 4.84 Å². The molecule has 0 aliphatic carbocycles. The molecule has 1 heterocycles. The van der Waals surface area contributed by atoms with Crippen molar-refractivity contribution in [2.24, 2.45) is 5.16 Å². The number of likely N-dealkylation sites (N-methyl/N-ethyl adjacent to an activating group) is 1. The number of benzene rings is 1. The number of rotatable bonds is 6. The quantitative estimate of drug-likeness (QED) is 0.864. The predicted octanol–water partition coefficient (Wildman–Crippen LogP) is 1.47. The van der Waals surface area contributed by atoms with Crippen LogP contribution in [-0.2, 0) is 14.4 Å². The van der Waals surface area contributed by atoms with Gasteiger partial charge in [0, 0.05) is 25.6 Å². The molecule has 0 saturated heterocycles. The van der Waals surface area contributed by atoms with Crippen LogP contribution in [0.25, 0.3) is 0 Å². The highest BCUT2D eigenvalue weighted by atomic mass is 16.6. The standard InChI is InChI=1S/C17H23N3O3/c1-4-9-18-16(21)11-20(3)17(22)15-10-14(19-23-15)13-8-6-5-7-12(13)2/h5-8,15H,4,9-11H2,1-3H3,(H,18,21). The van der Waals surface area contributed by atoms with Gasteiger partial charge in [-0.2, -0.15) is 0 Å². The van der Waals surface area contributed by atoms with Crippen molar-refractivity contribution in [3.8, 4) is 0 Å². The molecule has 0 radical (unpaired) electrons. The number of carbonyl (C=O) groups is 2. The minimum absolute atomic E-state index is 0.0262. The van der Waals surface area contributed by atoms with E-state index in [1.165, 1.54) is 4.90 Å². The number of carbonyl (C=O) groups excluding carboxylic acids is 2. The summed E-state index contributed by atoms with van der Waals surface area (Å²) in [6.45, 7) is 4.61. The van der Waals surface area contributed by atoms with E-state index in [2.05, 4.69) is 10.5 Å². The zero-order valence-corrected chi connectivity index (χ0v) is 13.8. The van der Waals surface area contributed by atoms with Gasteiger partial charge in [-0.1, -0.05) is 36.3 Å². The van der Waals surface area contributed by atoms with E-state index in [1.807, 2.05) is 38.1 Å². The van der Waals surface area contributed by atoms with Gasteiger partial charge < -0.3 is 15.1 Å². The van der Waals surface area contributed by atoms with Crippen molar-refractivity contribution < 1.29 is 14.4 Å². The normalized spacial score (nSPS) is 16.5. The number of hydrogen-bond donors (Lipinski definition) is 1. The van der Waals surface area contributed by atoms with E-state index in [1.54, 1.807) is 7.05 Å². The Morgan fingerprint density at radius 3 is 2.83 bits per heavy atom. The van der Waals surface area contributed by atoms with Gasteiger partial charge >= 0.3 is 0 Å². The van der Waals surface area contributed by atoms with Crippen molar-refractivity contribution in [1.29, 1.82) is 0 Å². The predicted molar refractivity (Wildman–Crippen MR) is 88.1 cm³/mol. The number of nitrogens with one attached hydrogen (secondary N) is 1. The number of aryl methyl sites for hydroxylation is 1. The topological polar surface area (TPSA) is 71.0 Å². The summed E-state index contributed by atoms with van der Waals surface area (Å²) in [4.78, 5) is 30.7. The highest BCUT2D eigenvalue weighted by Crippen LogP contribution is 2.20. The Balaban J connectivity index is 1.91. The molecule has 0 aromatic heterocycles. The number of amides is 2. The van der Waals surface area contributed by atoms with Gasteiger partial charge in [0.2, 0.25) is 12.0 Å². The van der Waals surface area contributed by atoms with Crippen LogP contribution in [0.15, 0.2) is 29.4 Å². The summed E-state index contributed by atoms with van der Waals surface area (Å²) < 4.78 is 0. The molecule has 6 nitrogen and oxygen atoms in total. The van der Waals surface area contributed by atoms with Crippen LogP contribution in [0.5, 0.6) is 0 Å². The zero-order chi connectivity index (χ0) is 16.8. The van der Waals surface area contributed by atoms with E-state index >= 15 is 0 Å². The fourth-order valence-electron chi connectivity index (χ4n) is 2.43. The summed E-state index contributed by atoms with van der Waals surface area (Å²) in [5, 5.41) is 6.80. The molecule has 0 fully saturated rings. The summed E-state index contributed by atoms with van der Waals surface area (Å²) in [5.41, 5.74) is 2.85. The molecule has 2 amide bonds. The fourth-order valence-corrected chi connectivity index (χ4v) is 2.43. The average molecular weight is 317 g/mol. The van der Waals surface area contributed by atoms with Gasteiger partial charge in [0.15, 0.2) is 0 Å². The largest absolute Gasteiger partial charge is 0.382 e. The number of nitrogens with zero attached hydrogens (tertiary/aromatic N) is 2. The number of hydrogen-bond acceptors (Lipinski definition) is 4. The first-order valence-corrected chi connectivity index (χ1v) is 7.83. The van der Waals surface area contributed by atoms with E-state index < -0.39 is 6.10 Å². The van der Waals surface area contributed by atoms with Gasteiger partial charge in [0.25, 0.3) is 5.91 Å². The molecule has 1 aliphatic rings. The Hall–Kier alpha value is -2.37. The summed E-state index contributed by atoms with van der Waals surface area (Å²) in [5.74, 6) is -0.398. The summed E-state index contributed by atoms with van der Waals surface area (Å²) >= 11 is 0. The van der Waals surface area contributed by atoms with Crippen LogP contribution in [0.1, 0.15) is 30.9 Å². The van der Waals surface area contributed by atoms with Crippen molar-refractivity contribution >= 4 is 17.5 Å². The fraction of sp³-hybridized carbons (Fsp3) is 0.471. The zero-order valence-electron chi connectivity index (χ0n) is 13.8. The lowest BCUT2D eigenvalue weighted by Crippen LogP contribution is -2.43. The van der Waals surface area contributed by atoms with Gasteiger partial charge in [-0.3, -0.25) is 9.59 Å². The van der Waals surface area contributed by atoms with Crippen LogP contribution in [0, 0.1) is 6.92 Å². The lowest BCUT2D eigenvalue weighted by Gasteiger charge is -2.19. The van der Waals surface area contributed by atoms with Crippen molar-refractivity contribution in [3.05, 3.63) is 35.4 Å². The molecular weight excluding hydrogens is 294 g/mol. The first-order chi connectivity index (χ1) is 11.0. The van der Waals surface area contributed by atoms with Crippen LogP contribution in [0.2, 0.25) is 0 Å². The smallest absolute Gasteiger partial charge is 0.267 e. The molecule has 1 aromatic carbocycles. The summed E-state index contributed by atoms with van der Waals surface area (Å²) in [6, 6.07) is 7.86. The van der Waals surface area contributed by atoms with Gasteiger partial charge in [0.05, 0.1) is 12.3 Å². The third-order valence-corrected chi connectivity index (χ3v) is 3.73. The Kier molecular flexibility index (Phi) is 5.73. The minimum atomic E-state index is -0.659. The molecule has 2 rings (SSSR count). The molecule has 1 atom stereocenters. The molecule has 0 spiro atoms. The van der Waals surface area contributed by atoms with Gasteiger partial charge in [-0.05, 0) is 18.9 Å². The van der Waals surface area contributed by atoms with Crippen molar-refractivity contribution in [1.82, 2.24) is 10.2 Å². The Morgan fingerprint density at radius 1 is 1.39 bits per heavy atom. The van der Waals surface area contributed by atoms with Crippen LogP contribution in [0.4, 0.5) is 0 Å². The van der Waals surface area contributed by atoms with Gasteiger partial charge in [-0.15, -0.1) is 0 Å². The molecule has 0 saturated carbocycles. The van der Waals surface area contributed by atoms with Crippen LogP contribution in [0.3, 0.4) is 0 Å². The lowest BCUT2D eigenvalue weighted by atomic mass is 10.00. The van der Waals surface area contributed by atoms with Crippen molar-refractivity contribution in [3.63, 3.8) is 0 Å². The third kappa shape index (κ3) is 4.31.